The van der Waals surface area contributed by atoms with Gasteiger partial charge in [-0.2, -0.15) is 0 Å². The van der Waals surface area contributed by atoms with Gasteiger partial charge in [-0.05, 0) is 75.4 Å². The summed E-state index contributed by atoms with van der Waals surface area (Å²) in [5.74, 6) is -0.616. The lowest BCUT2D eigenvalue weighted by atomic mass is 9.95. The fourth-order valence-corrected chi connectivity index (χ4v) is 6.93. The number of sulfonamides is 1. The lowest BCUT2D eigenvalue weighted by Crippen LogP contribution is -2.54. The van der Waals surface area contributed by atoms with E-state index in [0.717, 1.165) is 52.2 Å². The smallest absolute Gasteiger partial charge is 0.264 e. The minimum absolute atomic E-state index is 0.0988. The third-order valence-corrected chi connectivity index (χ3v) is 9.94. The largest absolute Gasteiger partial charge is 0.352 e. The summed E-state index contributed by atoms with van der Waals surface area (Å²) >= 11 is 0. The Hall–Kier alpha value is -3.65. The van der Waals surface area contributed by atoms with Gasteiger partial charge >= 0.3 is 0 Å². The van der Waals surface area contributed by atoms with Gasteiger partial charge in [-0.15, -0.1) is 0 Å². The molecule has 1 unspecified atom stereocenters. The van der Waals surface area contributed by atoms with Gasteiger partial charge in [-0.3, -0.25) is 13.9 Å². The molecule has 1 atom stereocenters. The summed E-state index contributed by atoms with van der Waals surface area (Å²) in [6, 6.07) is 20.8. The van der Waals surface area contributed by atoms with E-state index in [9.17, 15) is 18.0 Å². The summed E-state index contributed by atoms with van der Waals surface area (Å²) in [6.07, 6.45) is 5.61. The number of nitrogens with one attached hydrogen (secondary N) is 1. The van der Waals surface area contributed by atoms with Crippen LogP contribution in [0.2, 0.25) is 0 Å². The van der Waals surface area contributed by atoms with Crippen molar-refractivity contribution in [1.29, 1.82) is 0 Å². The number of benzene rings is 3. The van der Waals surface area contributed by atoms with E-state index in [1.54, 1.807) is 41.3 Å². The van der Waals surface area contributed by atoms with Gasteiger partial charge in [0.2, 0.25) is 11.8 Å². The van der Waals surface area contributed by atoms with E-state index in [4.69, 9.17) is 0 Å². The highest BCUT2D eigenvalue weighted by atomic mass is 32.2. The Bertz CT molecular complexity index is 1460. The Balaban J connectivity index is 1.71. The van der Waals surface area contributed by atoms with Crippen LogP contribution in [0, 0.1) is 20.8 Å². The molecular formula is C34H43N3O4S. The van der Waals surface area contributed by atoms with Crippen molar-refractivity contribution >= 4 is 27.5 Å². The molecule has 0 heterocycles. The van der Waals surface area contributed by atoms with E-state index in [2.05, 4.69) is 5.32 Å². The van der Waals surface area contributed by atoms with Gasteiger partial charge in [0.1, 0.15) is 12.6 Å². The van der Waals surface area contributed by atoms with Crippen LogP contribution in [0.3, 0.4) is 0 Å². The van der Waals surface area contributed by atoms with E-state index in [0.29, 0.717) is 12.1 Å². The first-order valence-corrected chi connectivity index (χ1v) is 16.3. The van der Waals surface area contributed by atoms with Crippen LogP contribution in [0.25, 0.3) is 0 Å². The summed E-state index contributed by atoms with van der Waals surface area (Å²) < 4.78 is 29.2. The molecule has 0 bridgehead atoms. The van der Waals surface area contributed by atoms with E-state index in [1.807, 2.05) is 64.1 Å². The molecule has 1 saturated carbocycles. The fraction of sp³-hybridized carbons (Fsp3) is 0.412. The maximum absolute atomic E-state index is 14.3. The van der Waals surface area contributed by atoms with Gasteiger partial charge in [-0.25, -0.2) is 8.42 Å². The van der Waals surface area contributed by atoms with Crippen LogP contribution in [-0.4, -0.2) is 43.8 Å². The number of nitrogens with zero attached hydrogens (tertiary/aromatic N) is 2. The van der Waals surface area contributed by atoms with E-state index in [1.165, 1.54) is 6.42 Å². The fourth-order valence-electron chi connectivity index (χ4n) is 5.51. The molecule has 2 amide bonds. The van der Waals surface area contributed by atoms with Crippen LogP contribution >= 0.6 is 0 Å². The molecule has 3 aromatic carbocycles. The molecule has 4 rings (SSSR count). The Morgan fingerprint density at radius 3 is 2.05 bits per heavy atom. The maximum Gasteiger partial charge on any atom is 0.264 e. The zero-order valence-corrected chi connectivity index (χ0v) is 26.0. The summed E-state index contributed by atoms with van der Waals surface area (Å²) in [5, 5.41) is 3.19. The Morgan fingerprint density at radius 1 is 0.857 bits per heavy atom. The predicted molar refractivity (Wildman–Crippen MR) is 168 cm³/mol. The Morgan fingerprint density at radius 2 is 1.45 bits per heavy atom. The second-order valence-corrected chi connectivity index (χ2v) is 13.2. The lowest BCUT2D eigenvalue weighted by Gasteiger charge is -2.34. The van der Waals surface area contributed by atoms with E-state index < -0.39 is 28.5 Å². The molecular weight excluding hydrogens is 546 g/mol. The summed E-state index contributed by atoms with van der Waals surface area (Å²) in [6.45, 7) is 7.46. The van der Waals surface area contributed by atoms with Crippen molar-refractivity contribution in [3.63, 3.8) is 0 Å². The van der Waals surface area contributed by atoms with Crippen LogP contribution in [-0.2, 0) is 26.2 Å². The Kier molecular flexibility index (Phi) is 10.4. The number of rotatable bonds is 11. The van der Waals surface area contributed by atoms with Gasteiger partial charge in [0, 0.05) is 12.6 Å². The zero-order chi connectivity index (χ0) is 30.3. The van der Waals surface area contributed by atoms with Gasteiger partial charge in [0.05, 0.1) is 10.6 Å². The molecule has 1 aliphatic carbocycles. The molecule has 224 valence electrons. The van der Waals surface area contributed by atoms with Crippen molar-refractivity contribution < 1.29 is 18.0 Å². The first-order valence-electron chi connectivity index (χ1n) is 14.9. The second kappa shape index (κ2) is 14.0. The number of anilines is 1. The molecule has 0 spiro atoms. The van der Waals surface area contributed by atoms with Crippen LogP contribution in [0.5, 0.6) is 0 Å². The lowest BCUT2D eigenvalue weighted by molar-refractivity contribution is -0.140. The predicted octanol–water partition coefficient (Wildman–Crippen LogP) is 6.06. The number of hydrogen-bond acceptors (Lipinski definition) is 4. The average molecular weight is 590 g/mol. The van der Waals surface area contributed by atoms with Crippen molar-refractivity contribution in [2.45, 2.75) is 89.7 Å². The SMILES string of the molecule is CCC(C(=O)NC1CCCCC1)N(Cc1ccccc1C)C(=O)CN(c1ccc(C)cc1)S(=O)(=O)c1ccc(C)cc1. The van der Waals surface area contributed by atoms with Gasteiger partial charge < -0.3 is 10.2 Å². The molecule has 0 saturated heterocycles. The van der Waals surface area contributed by atoms with Crippen molar-refractivity contribution in [3.8, 4) is 0 Å². The highest BCUT2D eigenvalue weighted by Crippen LogP contribution is 2.26. The van der Waals surface area contributed by atoms with Crippen LogP contribution in [0.15, 0.2) is 77.7 Å². The van der Waals surface area contributed by atoms with Crippen LogP contribution in [0.4, 0.5) is 5.69 Å². The van der Waals surface area contributed by atoms with Gasteiger partial charge in [0.25, 0.3) is 10.0 Å². The molecule has 1 aliphatic rings. The van der Waals surface area contributed by atoms with Crippen LogP contribution in [0.1, 0.15) is 67.7 Å². The van der Waals surface area contributed by atoms with E-state index in [-0.39, 0.29) is 23.4 Å². The van der Waals surface area contributed by atoms with Crippen molar-refractivity contribution in [2.75, 3.05) is 10.8 Å². The zero-order valence-electron chi connectivity index (χ0n) is 25.2. The number of hydrogen-bond donors (Lipinski definition) is 1. The molecule has 0 radical (unpaired) electrons. The third kappa shape index (κ3) is 7.59. The maximum atomic E-state index is 14.3. The standard InChI is InChI=1S/C34H43N3O4S/c1-5-32(34(39)35-29-13-7-6-8-14-29)36(23-28-12-10-9-11-27(28)4)33(38)24-37(30-19-15-25(2)16-20-30)42(40,41)31-21-17-26(3)18-22-31/h9-12,15-22,29,32H,5-8,13-14,23-24H2,1-4H3,(H,35,39). The van der Waals surface area contributed by atoms with Gasteiger partial charge in [0.15, 0.2) is 0 Å². The first-order chi connectivity index (χ1) is 20.1. The number of aryl methyl sites for hydroxylation is 3. The molecule has 3 aromatic rings. The summed E-state index contributed by atoms with van der Waals surface area (Å²) in [4.78, 5) is 29.6. The molecule has 8 heteroatoms. The van der Waals surface area contributed by atoms with Crippen molar-refractivity contribution in [2.24, 2.45) is 0 Å². The van der Waals surface area contributed by atoms with E-state index >= 15 is 0 Å². The van der Waals surface area contributed by atoms with Crippen LogP contribution < -0.4 is 9.62 Å². The van der Waals surface area contributed by atoms with Crippen molar-refractivity contribution in [3.05, 3.63) is 95.1 Å². The molecule has 1 N–H and O–H groups in total. The number of amides is 2. The molecule has 0 aromatic heterocycles. The number of carbonyl (C=O) groups excluding carboxylic acids is 2. The third-order valence-electron chi connectivity index (χ3n) is 8.15. The minimum atomic E-state index is -4.08. The second-order valence-electron chi connectivity index (χ2n) is 11.4. The molecule has 1 fully saturated rings. The Labute approximate surface area is 251 Å². The highest BCUT2D eigenvalue weighted by molar-refractivity contribution is 7.92. The van der Waals surface area contributed by atoms with Gasteiger partial charge in [-0.1, -0.05) is 85.8 Å². The topological polar surface area (TPSA) is 86.8 Å². The minimum Gasteiger partial charge on any atom is -0.352 e. The quantitative estimate of drug-likeness (QED) is 0.294. The first kappa shape index (κ1) is 31.3. The normalized spacial score (nSPS) is 14.7. The van der Waals surface area contributed by atoms with Crippen molar-refractivity contribution in [1.82, 2.24) is 10.2 Å². The molecule has 7 nitrogen and oxygen atoms in total. The summed E-state index contributed by atoms with van der Waals surface area (Å²) in [7, 11) is -4.08. The monoisotopic (exact) mass is 589 g/mol. The number of carbonyl (C=O) groups is 2. The average Bonchev–Trinajstić information content (AvgIpc) is 2.98. The molecule has 42 heavy (non-hydrogen) atoms. The molecule has 0 aliphatic heterocycles. The highest BCUT2D eigenvalue weighted by Gasteiger charge is 2.34. The summed E-state index contributed by atoms with van der Waals surface area (Å²) in [5.41, 5.74) is 4.22.